The third kappa shape index (κ3) is 2.73. The van der Waals surface area contributed by atoms with Crippen molar-refractivity contribution in [2.24, 2.45) is 0 Å². The van der Waals surface area contributed by atoms with Gasteiger partial charge in [-0.15, -0.1) is 0 Å². The molecule has 1 aromatic carbocycles. The van der Waals surface area contributed by atoms with E-state index in [-0.39, 0.29) is 0 Å². The zero-order valence-electron chi connectivity index (χ0n) is 11.9. The average molecular weight is 271 g/mol. The van der Waals surface area contributed by atoms with Crippen LogP contribution < -0.4 is 5.32 Å². The summed E-state index contributed by atoms with van der Waals surface area (Å²) in [6.45, 7) is 1.04. The number of aromatic hydroxyl groups is 1. The van der Waals surface area contributed by atoms with Crippen LogP contribution in [0.25, 0.3) is 0 Å². The molecular formula is C17H21NO2. The number of hydrogen-bond donors (Lipinski definition) is 2. The molecule has 3 rings (SSSR count). The van der Waals surface area contributed by atoms with Crippen LogP contribution in [-0.4, -0.2) is 24.8 Å². The van der Waals surface area contributed by atoms with Gasteiger partial charge < -0.3 is 15.2 Å². The highest BCUT2D eigenvalue weighted by molar-refractivity contribution is 5.35. The average Bonchev–Trinajstić information content (AvgIpc) is 2.49. The van der Waals surface area contributed by atoms with Crippen LogP contribution in [0, 0.1) is 0 Å². The van der Waals surface area contributed by atoms with Crippen LogP contribution in [0.5, 0.6) is 5.75 Å². The number of allylic oxidation sites excluding steroid dienone is 2. The number of phenolic OH excluding ortho intramolecular Hbond substituents is 1. The Morgan fingerprint density at radius 1 is 1.30 bits per heavy atom. The fraction of sp³-hybridized carbons (Fsp3) is 0.412. The Kier molecular flexibility index (Phi) is 3.79. The maximum atomic E-state index is 9.36. The maximum Gasteiger partial charge on any atom is 0.115 e. The number of ether oxygens (including phenoxy) is 1. The molecule has 0 unspecified atom stereocenters. The molecule has 0 amide bonds. The van der Waals surface area contributed by atoms with Crippen LogP contribution in [0.3, 0.4) is 0 Å². The summed E-state index contributed by atoms with van der Waals surface area (Å²) in [5.74, 6) is 1.43. The number of rotatable bonds is 3. The summed E-state index contributed by atoms with van der Waals surface area (Å²) in [6, 6.07) is 7.95. The molecule has 3 heteroatoms. The second-order valence-electron chi connectivity index (χ2n) is 5.51. The highest BCUT2D eigenvalue weighted by atomic mass is 16.5. The van der Waals surface area contributed by atoms with Crippen molar-refractivity contribution >= 4 is 0 Å². The molecule has 0 saturated carbocycles. The van der Waals surface area contributed by atoms with Crippen molar-refractivity contribution in [3.8, 4) is 5.75 Å². The van der Waals surface area contributed by atoms with E-state index in [1.165, 1.54) is 11.1 Å². The van der Waals surface area contributed by atoms with Gasteiger partial charge in [-0.2, -0.15) is 0 Å². The molecular weight excluding hydrogens is 250 g/mol. The second-order valence-corrected chi connectivity index (χ2v) is 5.51. The lowest BCUT2D eigenvalue weighted by Crippen LogP contribution is -2.39. The molecule has 1 aromatic rings. The Balaban J connectivity index is 1.75. The Hall–Kier alpha value is -1.74. The topological polar surface area (TPSA) is 41.5 Å². The number of phenols is 1. The van der Waals surface area contributed by atoms with Crippen molar-refractivity contribution in [2.75, 3.05) is 13.7 Å². The fourth-order valence-corrected chi connectivity index (χ4v) is 3.14. The minimum Gasteiger partial charge on any atom is -0.508 e. The van der Waals surface area contributed by atoms with Crippen LogP contribution >= 0.6 is 0 Å². The standard InChI is InChI=1S/C17H21NO2/c1-20-15-6-7-16-13(11-15)8-9-18-17(16)10-12-2-4-14(19)5-3-12/h2-6,17-19H,7-11H2,1H3/t17-/m1/s1. The molecule has 2 N–H and O–H groups in total. The van der Waals surface area contributed by atoms with Crippen LogP contribution in [0.1, 0.15) is 24.8 Å². The SMILES string of the molecule is COC1=CCC2=C(CCN[C@@H]2Cc2ccc(O)cc2)C1. The fourth-order valence-electron chi connectivity index (χ4n) is 3.14. The lowest BCUT2D eigenvalue weighted by Gasteiger charge is -2.32. The summed E-state index contributed by atoms with van der Waals surface area (Å²) < 4.78 is 5.39. The number of benzene rings is 1. The van der Waals surface area contributed by atoms with Crippen LogP contribution in [0.4, 0.5) is 0 Å². The second kappa shape index (κ2) is 5.71. The molecule has 0 radical (unpaired) electrons. The van der Waals surface area contributed by atoms with Gasteiger partial charge in [0, 0.05) is 12.5 Å². The zero-order chi connectivity index (χ0) is 13.9. The smallest absolute Gasteiger partial charge is 0.115 e. The van der Waals surface area contributed by atoms with Gasteiger partial charge in [-0.3, -0.25) is 0 Å². The van der Waals surface area contributed by atoms with Gasteiger partial charge in [-0.1, -0.05) is 17.7 Å². The monoisotopic (exact) mass is 271 g/mol. The highest BCUT2D eigenvalue weighted by Gasteiger charge is 2.25. The van der Waals surface area contributed by atoms with Crippen molar-refractivity contribution in [2.45, 2.75) is 31.7 Å². The Morgan fingerprint density at radius 3 is 2.85 bits per heavy atom. The Labute approximate surface area is 120 Å². The van der Waals surface area contributed by atoms with Crippen LogP contribution in [-0.2, 0) is 11.2 Å². The first-order valence-electron chi connectivity index (χ1n) is 7.21. The molecule has 0 fully saturated rings. The molecule has 106 valence electrons. The number of hydrogen-bond acceptors (Lipinski definition) is 3. The van der Waals surface area contributed by atoms with Gasteiger partial charge >= 0.3 is 0 Å². The Bertz CT molecular complexity index is 543. The van der Waals surface area contributed by atoms with E-state index in [1.54, 1.807) is 24.8 Å². The molecule has 20 heavy (non-hydrogen) atoms. The van der Waals surface area contributed by atoms with Crippen LogP contribution in [0.15, 0.2) is 47.2 Å². The van der Waals surface area contributed by atoms with E-state index < -0.39 is 0 Å². The van der Waals surface area contributed by atoms with Crippen molar-refractivity contribution < 1.29 is 9.84 Å². The molecule has 3 nitrogen and oxygen atoms in total. The lowest BCUT2D eigenvalue weighted by atomic mass is 9.84. The zero-order valence-corrected chi connectivity index (χ0v) is 11.9. The molecule has 0 spiro atoms. The van der Waals surface area contributed by atoms with Gasteiger partial charge in [0.05, 0.1) is 12.9 Å². The maximum absolute atomic E-state index is 9.36. The molecule has 0 aromatic heterocycles. The predicted octanol–water partition coefficient (Wildman–Crippen LogP) is 2.92. The molecule has 0 saturated heterocycles. The van der Waals surface area contributed by atoms with E-state index in [4.69, 9.17) is 4.74 Å². The van der Waals surface area contributed by atoms with E-state index >= 15 is 0 Å². The lowest BCUT2D eigenvalue weighted by molar-refractivity contribution is 0.276. The van der Waals surface area contributed by atoms with Crippen molar-refractivity contribution in [3.05, 3.63) is 52.8 Å². The van der Waals surface area contributed by atoms with Gasteiger partial charge in [0.15, 0.2) is 0 Å². The summed E-state index contributed by atoms with van der Waals surface area (Å²) in [5.41, 5.74) is 4.34. The van der Waals surface area contributed by atoms with Crippen molar-refractivity contribution in [1.82, 2.24) is 5.32 Å². The number of methoxy groups -OCH3 is 1. The number of nitrogens with one attached hydrogen (secondary N) is 1. The molecule has 1 aliphatic heterocycles. The van der Waals surface area contributed by atoms with Gasteiger partial charge in [0.2, 0.25) is 0 Å². The normalized spacial score (nSPS) is 22.2. The van der Waals surface area contributed by atoms with E-state index in [0.717, 1.165) is 38.0 Å². The van der Waals surface area contributed by atoms with Gasteiger partial charge in [0.1, 0.15) is 5.75 Å². The molecule has 1 aliphatic carbocycles. The van der Waals surface area contributed by atoms with Gasteiger partial charge in [-0.25, -0.2) is 0 Å². The molecule has 1 heterocycles. The first-order chi connectivity index (χ1) is 9.76. The van der Waals surface area contributed by atoms with Gasteiger partial charge in [-0.05, 0) is 55.2 Å². The predicted molar refractivity (Wildman–Crippen MR) is 79.6 cm³/mol. The summed E-state index contributed by atoms with van der Waals surface area (Å²) in [6.07, 6.45) is 6.28. The summed E-state index contributed by atoms with van der Waals surface area (Å²) in [5, 5.41) is 13.0. The first-order valence-corrected chi connectivity index (χ1v) is 7.21. The Morgan fingerprint density at radius 2 is 2.10 bits per heavy atom. The highest BCUT2D eigenvalue weighted by Crippen LogP contribution is 2.32. The summed E-state index contributed by atoms with van der Waals surface area (Å²) in [4.78, 5) is 0. The van der Waals surface area contributed by atoms with Crippen LogP contribution in [0.2, 0.25) is 0 Å². The van der Waals surface area contributed by atoms with Crippen molar-refractivity contribution in [3.63, 3.8) is 0 Å². The minimum atomic E-state index is 0.329. The third-order valence-electron chi connectivity index (χ3n) is 4.27. The quantitative estimate of drug-likeness (QED) is 0.831. The van der Waals surface area contributed by atoms with E-state index in [1.807, 2.05) is 12.1 Å². The minimum absolute atomic E-state index is 0.329. The van der Waals surface area contributed by atoms with E-state index in [2.05, 4.69) is 11.4 Å². The van der Waals surface area contributed by atoms with Gasteiger partial charge in [0.25, 0.3) is 0 Å². The summed E-state index contributed by atoms with van der Waals surface area (Å²) >= 11 is 0. The largest absolute Gasteiger partial charge is 0.508 e. The molecule has 2 aliphatic rings. The van der Waals surface area contributed by atoms with Crippen molar-refractivity contribution in [1.29, 1.82) is 0 Å². The third-order valence-corrected chi connectivity index (χ3v) is 4.27. The first kappa shape index (κ1) is 13.3. The summed E-state index contributed by atoms with van der Waals surface area (Å²) in [7, 11) is 1.76. The van der Waals surface area contributed by atoms with E-state index in [9.17, 15) is 5.11 Å². The molecule has 0 bridgehead atoms. The van der Waals surface area contributed by atoms with E-state index in [0.29, 0.717) is 11.8 Å². The molecule has 1 atom stereocenters.